The monoisotopic (exact) mass is 305 g/mol. The lowest BCUT2D eigenvalue weighted by atomic mass is 10.2. The number of hydrogen-bond donors (Lipinski definition) is 2. The van der Waals surface area contributed by atoms with Crippen LogP contribution in [0.25, 0.3) is 5.69 Å². The third-order valence-electron chi connectivity index (χ3n) is 3.52. The molecule has 0 spiro atoms. The second kappa shape index (κ2) is 5.50. The highest BCUT2D eigenvalue weighted by Gasteiger charge is 2.21. The molecule has 0 bridgehead atoms. The topological polar surface area (TPSA) is 67.2 Å². The SMILES string of the molecule is Cc1ccc(Cl)cc1-n1nc(CNC2CC2)c(O)cc1=O. The Kier molecular flexibility index (Phi) is 3.69. The lowest BCUT2D eigenvalue weighted by molar-refractivity contribution is 0.451. The molecule has 110 valence electrons. The molecule has 1 saturated carbocycles. The summed E-state index contributed by atoms with van der Waals surface area (Å²) in [6.07, 6.45) is 2.29. The summed E-state index contributed by atoms with van der Waals surface area (Å²) in [5, 5.41) is 18.0. The molecular formula is C15H16ClN3O2. The third-order valence-corrected chi connectivity index (χ3v) is 3.76. The van der Waals surface area contributed by atoms with Crippen molar-refractivity contribution in [1.82, 2.24) is 15.1 Å². The van der Waals surface area contributed by atoms with E-state index in [0.29, 0.717) is 29.0 Å². The first kappa shape index (κ1) is 14.1. The van der Waals surface area contributed by atoms with E-state index in [1.165, 1.54) is 10.7 Å². The number of aromatic hydroxyl groups is 1. The fourth-order valence-corrected chi connectivity index (χ4v) is 2.29. The Bertz CT molecular complexity index is 738. The van der Waals surface area contributed by atoms with Gasteiger partial charge in [0.25, 0.3) is 5.56 Å². The zero-order chi connectivity index (χ0) is 15.0. The van der Waals surface area contributed by atoms with Crippen molar-refractivity contribution in [2.24, 2.45) is 0 Å². The molecular weight excluding hydrogens is 290 g/mol. The van der Waals surface area contributed by atoms with E-state index in [1.54, 1.807) is 12.1 Å². The zero-order valence-corrected chi connectivity index (χ0v) is 12.4. The average Bonchev–Trinajstić information content (AvgIpc) is 3.25. The van der Waals surface area contributed by atoms with Gasteiger partial charge in [-0.1, -0.05) is 17.7 Å². The minimum atomic E-state index is -0.381. The zero-order valence-electron chi connectivity index (χ0n) is 11.6. The molecule has 2 N–H and O–H groups in total. The maximum Gasteiger partial charge on any atom is 0.275 e. The van der Waals surface area contributed by atoms with Gasteiger partial charge in [-0.25, -0.2) is 0 Å². The standard InChI is InChI=1S/C15H16ClN3O2/c1-9-2-3-10(16)6-13(9)19-15(21)7-14(20)12(18-19)8-17-11-4-5-11/h2-3,6-7,11,17,20H,4-5,8H2,1H3. The molecule has 0 radical (unpaired) electrons. The van der Waals surface area contributed by atoms with E-state index in [1.807, 2.05) is 13.0 Å². The molecule has 0 saturated heterocycles. The molecule has 1 aromatic heterocycles. The van der Waals surface area contributed by atoms with Crippen molar-refractivity contribution in [2.75, 3.05) is 0 Å². The van der Waals surface area contributed by atoms with Crippen LogP contribution < -0.4 is 10.9 Å². The summed E-state index contributed by atoms with van der Waals surface area (Å²) in [5.74, 6) is -0.0796. The number of hydrogen-bond acceptors (Lipinski definition) is 4. The number of aryl methyl sites for hydroxylation is 1. The molecule has 5 nitrogen and oxygen atoms in total. The van der Waals surface area contributed by atoms with Crippen LogP contribution in [0.15, 0.2) is 29.1 Å². The Labute approximate surface area is 127 Å². The van der Waals surface area contributed by atoms with Gasteiger partial charge in [0.05, 0.1) is 5.69 Å². The quantitative estimate of drug-likeness (QED) is 0.908. The Morgan fingerprint density at radius 2 is 2.19 bits per heavy atom. The molecule has 1 aliphatic rings. The first-order valence-electron chi connectivity index (χ1n) is 6.87. The smallest absolute Gasteiger partial charge is 0.275 e. The van der Waals surface area contributed by atoms with Crippen LogP contribution in [0.1, 0.15) is 24.1 Å². The highest BCUT2D eigenvalue weighted by molar-refractivity contribution is 6.30. The van der Waals surface area contributed by atoms with Crippen molar-refractivity contribution >= 4 is 11.6 Å². The van der Waals surface area contributed by atoms with Gasteiger partial charge in [-0.3, -0.25) is 4.79 Å². The lowest BCUT2D eigenvalue weighted by Crippen LogP contribution is -2.25. The van der Waals surface area contributed by atoms with Crippen molar-refractivity contribution in [1.29, 1.82) is 0 Å². The second-order valence-corrected chi connectivity index (χ2v) is 5.75. The second-order valence-electron chi connectivity index (χ2n) is 5.31. The number of benzene rings is 1. The van der Waals surface area contributed by atoms with Crippen molar-refractivity contribution in [3.05, 3.63) is 50.9 Å². The predicted octanol–water partition coefficient (Wildman–Crippen LogP) is 2.15. The average molecular weight is 306 g/mol. The maximum absolute atomic E-state index is 12.1. The summed E-state index contributed by atoms with van der Waals surface area (Å²) in [6, 6.07) is 6.99. The Morgan fingerprint density at radius 3 is 2.90 bits per heavy atom. The molecule has 1 aromatic carbocycles. The molecule has 0 amide bonds. The van der Waals surface area contributed by atoms with E-state index >= 15 is 0 Å². The van der Waals surface area contributed by atoms with Gasteiger partial charge in [0, 0.05) is 23.7 Å². The minimum absolute atomic E-state index is 0.0796. The van der Waals surface area contributed by atoms with Gasteiger partial charge >= 0.3 is 0 Å². The van der Waals surface area contributed by atoms with Crippen LogP contribution in [0.5, 0.6) is 5.75 Å². The van der Waals surface area contributed by atoms with Crippen LogP contribution in [-0.4, -0.2) is 20.9 Å². The fraction of sp³-hybridized carbons (Fsp3) is 0.333. The van der Waals surface area contributed by atoms with E-state index in [-0.39, 0.29) is 11.3 Å². The van der Waals surface area contributed by atoms with Gasteiger partial charge in [-0.15, -0.1) is 0 Å². The van der Waals surface area contributed by atoms with Gasteiger partial charge < -0.3 is 10.4 Å². The van der Waals surface area contributed by atoms with Gasteiger partial charge in [-0.05, 0) is 37.5 Å². The number of nitrogens with zero attached hydrogens (tertiary/aromatic N) is 2. The first-order valence-corrected chi connectivity index (χ1v) is 7.24. The van der Waals surface area contributed by atoms with Crippen molar-refractivity contribution in [3.63, 3.8) is 0 Å². The summed E-state index contributed by atoms with van der Waals surface area (Å²) < 4.78 is 1.28. The normalized spacial score (nSPS) is 14.4. The van der Waals surface area contributed by atoms with Crippen molar-refractivity contribution < 1.29 is 5.11 Å². The highest BCUT2D eigenvalue weighted by Crippen LogP contribution is 2.21. The van der Waals surface area contributed by atoms with Gasteiger partial charge in [0.1, 0.15) is 11.4 Å². The van der Waals surface area contributed by atoms with Gasteiger partial charge in [0.2, 0.25) is 0 Å². The molecule has 6 heteroatoms. The van der Waals surface area contributed by atoms with E-state index in [2.05, 4.69) is 10.4 Å². The van der Waals surface area contributed by atoms with Crippen molar-refractivity contribution in [3.8, 4) is 11.4 Å². The molecule has 0 aliphatic heterocycles. The van der Waals surface area contributed by atoms with Crippen LogP contribution in [0.4, 0.5) is 0 Å². The third kappa shape index (κ3) is 3.09. The molecule has 0 atom stereocenters. The van der Waals surface area contributed by atoms with Crippen LogP contribution >= 0.6 is 11.6 Å². The molecule has 1 heterocycles. The number of halogens is 1. The summed E-state index contributed by atoms with van der Waals surface area (Å²) in [4.78, 5) is 12.1. The van der Waals surface area contributed by atoms with Crippen LogP contribution in [-0.2, 0) is 6.54 Å². The summed E-state index contributed by atoms with van der Waals surface area (Å²) >= 11 is 6.00. The largest absolute Gasteiger partial charge is 0.506 e. The Hall–Kier alpha value is -1.85. The number of aromatic nitrogens is 2. The molecule has 1 fully saturated rings. The number of rotatable bonds is 4. The molecule has 1 aliphatic carbocycles. The van der Waals surface area contributed by atoms with Gasteiger partial charge in [0.15, 0.2) is 0 Å². The molecule has 3 rings (SSSR count). The van der Waals surface area contributed by atoms with E-state index in [4.69, 9.17) is 11.6 Å². The minimum Gasteiger partial charge on any atom is -0.506 e. The van der Waals surface area contributed by atoms with E-state index in [0.717, 1.165) is 18.4 Å². The van der Waals surface area contributed by atoms with E-state index < -0.39 is 0 Å². The van der Waals surface area contributed by atoms with Crippen LogP contribution in [0, 0.1) is 6.92 Å². The maximum atomic E-state index is 12.1. The molecule has 21 heavy (non-hydrogen) atoms. The summed E-state index contributed by atoms with van der Waals surface area (Å²) in [6.45, 7) is 2.32. The predicted molar refractivity (Wildman–Crippen MR) is 81.1 cm³/mol. The number of nitrogens with one attached hydrogen (secondary N) is 1. The Morgan fingerprint density at radius 1 is 1.43 bits per heavy atom. The summed E-state index contributed by atoms with van der Waals surface area (Å²) in [5.41, 5.74) is 1.59. The van der Waals surface area contributed by atoms with Crippen molar-refractivity contribution in [2.45, 2.75) is 32.4 Å². The summed E-state index contributed by atoms with van der Waals surface area (Å²) in [7, 11) is 0. The van der Waals surface area contributed by atoms with Gasteiger partial charge in [-0.2, -0.15) is 9.78 Å². The highest BCUT2D eigenvalue weighted by atomic mass is 35.5. The Balaban J connectivity index is 2.02. The fourth-order valence-electron chi connectivity index (χ4n) is 2.12. The molecule has 2 aromatic rings. The van der Waals surface area contributed by atoms with Crippen LogP contribution in [0.3, 0.4) is 0 Å². The lowest BCUT2D eigenvalue weighted by Gasteiger charge is -2.11. The van der Waals surface area contributed by atoms with Crippen LogP contribution in [0.2, 0.25) is 5.02 Å². The first-order chi connectivity index (χ1) is 10.0. The molecule has 0 unspecified atom stereocenters. The van der Waals surface area contributed by atoms with E-state index in [9.17, 15) is 9.90 Å².